The number of furan rings is 1. The summed E-state index contributed by atoms with van der Waals surface area (Å²) in [5, 5.41) is 3.10. The van der Waals surface area contributed by atoms with E-state index in [0.717, 1.165) is 5.76 Å². The third-order valence-corrected chi connectivity index (χ3v) is 3.05. The predicted octanol–water partition coefficient (Wildman–Crippen LogP) is 1.33. The Bertz CT molecular complexity index is 490. The van der Waals surface area contributed by atoms with Gasteiger partial charge in [0.05, 0.1) is 13.2 Å². The van der Waals surface area contributed by atoms with Crippen molar-refractivity contribution < 1.29 is 13.9 Å². The van der Waals surface area contributed by atoms with Gasteiger partial charge in [0, 0.05) is 19.2 Å². The number of nitrogens with one attached hydrogen (secondary N) is 1. The largest absolute Gasteiger partial charge is 0.462 e. The molecule has 19 heavy (non-hydrogen) atoms. The van der Waals surface area contributed by atoms with Crippen molar-refractivity contribution in [3.8, 4) is 0 Å². The monoisotopic (exact) mass is 280 g/mol. The summed E-state index contributed by atoms with van der Waals surface area (Å²) in [6, 6.07) is 3.65. The molecule has 0 aliphatic carbocycles. The first-order valence-corrected chi connectivity index (χ1v) is 6.48. The molecule has 6 heteroatoms. The average Bonchev–Trinajstić information content (AvgIpc) is 2.83. The minimum atomic E-state index is -0.259. The molecule has 1 aliphatic rings. The predicted molar refractivity (Wildman–Crippen MR) is 75.6 cm³/mol. The van der Waals surface area contributed by atoms with Gasteiger partial charge in [0.2, 0.25) is 5.91 Å². The van der Waals surface area contributed by atoms with Crippen molar-refractivity contribution in [2.45, 2.75) is 6.92 Å². The third-order valence-electron chi connectivity index (χ3n) is 2.69. The Balaban J connectivity index is 1.83. The molecule has 1 fully saturated rings. The fourth-order valence-corrected chi connectivity index (χ4v) is 1.98. The fraction of sp³-hybridized carbons (Fsp3) is 0.385. The van der Waals surface area contributed by atoms with E-state index in [0.29, 0.717) is 37.2 Å². The number of nitrogens with zero attached hydrogens (tertiary/aromatic N) is 1. The van der Waals surface area contributed by atoms with Crippen LogP contribution in [0.15, 0.2) is 22.6 Å². The summed E-state index contributed by atoms with van der Waals surface area (Å²) >= 11 is 5.17. The Morgan fingerprint density at radius 2 is 2.16 bits per heavy atom. The second-order valence-electron chi connectivity index (χ2n) is 4.18. The number of hydrogen-bond acceptors (Lipinski definition) is 4. The summed E-state index contributed by atoms with van der Waals surface area (Å²) in [5.41, 5.74) is 0. The molecule has 0 aromatic carbocycles. The highest BCUT2D eigenvalue weighted by molar-refractivity contribution is 7.80. The van der Waals surface area contributed by atoms with Crippen molar-refractivity contribution in [1.82, 2.24) is 10.2 Å². The van der Waals surface area contributed by atoms with Crippen molar-refractivity contribution in [2.75, 3.05) is 26.3 Å². The molecule has 2 rings (SSSR count). The normalized spacial score (nSPS) is 15.7. The van der Waals surface area contributed by atoms with Gasteiger partial charge in [-0.25, -0.2) is 0 Å². The van der Waals surface area contributed by atoms with Gasteiger partial charge in [-0.05, 0) is 37.4 Å². The fourth-order valence-electron chi connectivity index (χ4n) is 1.69. The Morgan fingerprint density at radius 1 is 1.42 bits per heavy atom. The summed E-state index contributed by atoms with van der Waals surface area (Å²) in [5.74, 6) is 1.19. The van der Waals surface area contributed by atoms with Crippen molar-refractivity contribution in [2.24, 2.45) is 0 Å². The zero-order chi connectivity index (χ0) is 13.7. The third kappa shape index (κ3) is 4.18. The molecule has 1 saturated heterocycles. The number of aryl methyl sites for hydroxylation is 1. The van der Waals surface area contributed by atoms with Crippen LogP contribution in [0, 0.1) is 6.92 Å². The lowest BCUT2D eigenvalue weighted by atomic mass is 10.4. The molecule has 0 unspecified atom stereocenters. The second-order valence-corrected chi connectivity index (χ2v) is 4.56. The first kappa shape index (κ1) is 13.8. The number of hydrogen-bond donors (Lipinski definition) is 1. The van der Waals surface area contributed by atoms with Gasteiger partial charge in [-0.3, -0.25) is 10.1 Å². The molecule has 1 N–H and O–H groups in total. The smallest absolute Gasteiger partial charge is 0.250 e. The topological polar surface area (TPSA) is 54.7 Å². The second kappa shape index (κ2) is 6.49. The molecule has 1 aromatic heterocycles. The van der Waals surface area contributed by atoms with Gasteiger partial charge < -0.3 is 14.1 Å². The van der Waals surface area contributed by atoms with E-state index in [1.807, 2.05) is 17.9 Å². The summed E-state index contributed by atoms with van der Waals surface area (Å²) in [6.07, 6.45) is 3.02. The minimum Gasteiger partial charge on any atom is -0.462 e. The lowest BCUT2D eigenvalue weighted by molar-refractivity contribution is -0.115. The molecule has 0 saturated carbocycles. The number of rotatable bonds is 2. The van der Waals surface area contributed by atoms with Crippen LogP contribution in [0.25, 0.3) is 6.08 Å². The number of carbonyl (C=O) groups is 1. The van der Waals surface area contributed by atoms with Crippen LogP contribution in [0.3, 0.4) is 0 Å². The lowest BCUT2D eigenvalue weighted by Crippen LogP contribution is -2.47. The Kier molecular flexibility index (Phi) is 4.70. The maximum atomic E-state index is 11.7. The molecule has 1 aromatic rings. The lowest BCUT2D eigenvalue weighted by Gasteiger charge is -2.28. The number of ether oxygens (including phenoxy) is 1. The summed E-state index contributed by atoms with van der Waals surface area (Å²) in [6.45, 7) is 4.54. The van der Waals surface area contributed by atoms with Gasteiger partial charge in [-0.1, -0.05) is 0 Å². The van der Waals surface area contributed by atoms with Gasteiger partial charge in [0.25, 0.3) is 0 Å². The molecule has 1 aliphatic heterocycles. The average molecular weight is 280 g/mol. The molecule has 0 bridgehead atoms. The number of morpholine rings is 1. The zero-order valence-corrected chi connectivity index (χ0v) is 11.5. The molecule has 5 nitrogen and oxygen atoms in total. The molecule has 1 amide bonds. The van der Waals surface area contributed by atoms with Crippen LogP contribution >= 0.6 is 12.2 Å². The highest BCUT2D eigenvalue weighted by atomic mass is 32.1. The van der Waals surface area contributed by atoms with Crippen LogP contribution in [0.5, 0.6) is 0 Å². The first-order chi connectivity index (χ1) is 9.15. The summed E-state index contributed by atoms with van der Waals surface area (Å²) < 4.78 is 10.6. The van der Waals surface area contributed by atoms with E-state index >= 15 is 0 Å². The molecule has 0 spiro atoms. The molecule has 2 heterocycles. The summed E-state index contributed by atoms with van der Waals surface area (Å²) in [7, 11) is 0. The van der Waals surface area contributed by atoms with Gasteiger partial charge in [-0.15, -0.1) is 0 Å². The zero-order valence-electron chi connectivity index (χ0n) is 10.7. The van der Waals surface area contributed by atoms with E-state index in [4.69, 9.17) is 21.4 Å². The molecular weight excluding hydrogens is 264 g/mol. The van der Waals surface area contributed by atoms with Gasteiger partial charge in [0.1, 0.15) is 11.5 Å². The van der Waals surface area contributed by atoms with E-state index in [-0.39, 0.29) is 5.91 Å². The maximum absolute atomic E-state index is 11.7. The maximum Gasteiger partial charge on any atom is 0.250 e. The number of amides is 1. The Hall–Kier alpha value is -1.66. The highest BCUT2D eigenvalue weighted by Gasteiger charge is 2.14. The van der Waals surface area contributed by atoms with Crippen LogP contribution < -0.4 is 5.32 Å². The van der Waals surface area contributed by atoms with E-state index in [9.17, 15) is 4.79 Å². The Labute approximate surface area is 117 Å². The van der Waals surface area contributed by atoms with Crippen LogP contribution in [0.1, 0.15) is 11.5 Å². The minimum absolute atomic E-state index is 0.259. The van der Waals surface area contributed by atoms with Crippen LogP contribution in [0.4, 0.5) is 0 Å². The van der Waals surface area contributed by atoms with Gasteiger partial charge in [-0.2, -0.15) is 0 Å². The number of carbonyl (C=O) groups excluding carboxylic acids is 1. The first-order valence-electron chi connectivity index (χ1n) is 6.07. The SMILES string of the molecule is Cc1ccc(/C=C/C(=O)NC(=S)N2CCOCC2)o1. The highest BCUT2D eigenvalue weighted by Crippen LogP contribution is 2.07. The van der Waals surface area contributed by atoms with E-state index in [2.05, 4.69) is 5.32 Å². The Morgan fingerprint density at radius 3 is 2.79 bits per heavy atom. The van der Waals surface area contributed by atoms with Crippen molar-refractivity contribution in [1.29, 1.82) is 0 Å². The van der Waals surface area contributed by atoms with Crippen molar-refractivity contribution in [3.63, 3.8) is 0 Å². The van der Waals surface area contributed by atoms with Gasteiger partial charge in [0.15, 0.2) is 5.11 Å². The molecular formula is C13H16N2O3S. The quantitative estimate of drug-likeness (QED) is 0.654. The van der Waals surface area contributed by atoms with E-state index in [1.165, 1.54) is 6.08 Å². The van der Waals surface area contributed by atoms with E-state index < -0.39 is 0 Å². The van der Waals surface area contributed by atoms with Crippen LogP contribution in [-0.2, 0) is 9.53 Å². The van der Waals surface area contributed by atoms with Crippen molar-refractivity contribution >= 4 is 29.3 Å². The number of thiocarbonyl (C=S) groups is 1. The van der Waals surface area contributed by atoms with Gasteiger partial charge >= 0.3 is 0 Å². The van der Waals surface area contributed by atoms with Crippen LogP contribution in [-0.4, -0.2) is 42.2 Å². The van der Waals surface area contributed by atoms with Crippen molar-refractivity contribution in [3.05, 3.63) is 29.7 Å². The van der Waals surface area contributed by atoms with E-state index in [1.54, 1.807) is 12.1 Å². The molecule has 0 atom stereocenters. The molecule has 0 radical (unpaired) electrons. The molecule has 102 valence electrons. The van der Waals surface area contributed by atoms with Crippen LogP contribution in [0.2, 0.25) is 0 Å². The summed E-state index contributed by atoms with van der Waals surface area (Å²) in [4.78, 5) is 13.6. The standard InChI is InChI=1S/C13H16N2O3S/c1-10-2-3-11(18-10)4-5-12(16)14-13(19)15-6-8-17-9-7-15/h2-5H,6-9H2,1H3,(H,14,16,19)/b5-4+.